The van der Waals surface area contributed by atoms with Gasteiger partial charge in [0.2, 0.25) is 0 Å². The predicted molar refractivity (Wildman–Crippen MR) is 155 cm³/mol. The fraction of sp³-hybridized carbons (Fsp3) is 0.393. The Kier molecular flexibility index (Phi) is 9.31. The summed E-state index contributed by atoms with van der Waals surface area (Å²) < 4.78 is 38.2. The lowest BCUT2D eigenvalue weighted by molar-refractivity contribution is -0.150. The molecule has 0 saturated heterocycles. The molecule has 0 saturated carbocycles. The van der Waals surface area contributed by atoms with Crippen molar-refractivity contribution in [3.05, 3.63) is 60.4 Å². The molecule has 13 heteroatoms. The number of aromatic nitrogens is 3. The van der Waals surface area contributed by atoms with Gasteiger partial charge in [-0.3, -0.25) is 9.32 Å². The number of benzene rings is 2. The third-order valence-corrected chi connectivity index (χ3v) is 7.71. The molecule has 4 N–H and O–H groups in total. The lowest BCUT2D eigenvalue weighted by Crippen LogP contribution is -2.40. The van der Waals surface area contributed by atoms with Crippen LogP contribution in [0.2, 0.25) is 0 Å². The van der Waals surface area contributed by atoms with Crippen molar-refractivity contribution in [2.24, 2.45) is 0 Å². The molecule has 0 spiro atoms. The van der Waals surface area contributed by atoms with E-state index in [0.29, 0.717) is 29.0 Å². The molecule has 220 valence electrons. The predicted octanol–water partition coefficient (Wildman–Crippen LogP) is 4.55. The van der Waals surface area contributed by atoms with Crippen LogP contribution in [0.1, 0.15) is 40.4 Å². The maximum Gasteiger partial charge on any atom is 0.462 e. The third-order valence-electron chi connectivity index (χ3n) is 5.92. The van der Waals surface area contributed by atoms with Gasteiger partial charge < -0.3 is 29.4 Å². The fourth-order valence-corrected chi connectivity index (χ4v) is 5.97. The highest BCUT2D eigenvalue weighted by molar-refractivity contribution is 7.52. The van der Waals surface area contributed by atoms with Crippen molar-refractivity contribution in [2.75, 3.05) is 12.3 Å². The number of imidazole rings is 1. The van der Waals surface area contributed by atoms with Crippen LogP contribution in [0, 0.1) is 0 Å². The fourth-order valence-electron chi connectivity index (χ4n) is 4.28. The largest absolute Gasteiger partial charge is 0.462 e. The Morgan fingerprint density at radius 3 is 2.49 bits per heavy atom. The summed E-state index contributed by atoms with van der Waals surface area (Å²) in [6.45, 7) is 8.37. The Bertz CT molecular complexity index is 1560. The molecular formula is C28H36N5O7P. The number of nitrogens with two attached hydrogens (primary N) is 1. The number of para-hydroxylation sites is 2. The van der Waals surface area contributed by atoms with Gasteiger partial charge >= 0.3 is 13.7 Å². The lowest BCUT2D eigenvalue weighted by atomic mass is 10.2. The van der Waals surface area contributed by atoms with Crippen LogP contribution >= 0.6 is 7.75 Å². The maximum atomic E-state index is 14.1. The Labute approximate surface area is 238 Å². The topological polar surface area (TPSA) is 160 Å². The lowest BCUT2D eigenvalue weighted by Gasteiger charge is -2.31. The highest BCUT2D eigenvalue weighted by Gasteiger charge is 2.40. The zero-order chi connectivity index (χ0) is 29.8. The molecule has 0 bridgehead atoms. The number of hydrogen-bond donors (Lipinski definition) is 3. The molecule has 0 aliphatic rings. The Balaban J connectivity index is 1.73. The zero-order valence-electron chi connectivity index (χ0n) is 23.7. The van der Waals surface area contributed by atoms with Crippen molar-refractivity contribution in [1.82, 2.24) is 19.6 Å². The van der Waals surface area contributed by atoms with Crippen LogP contribution < -0.4 is 15.3 Å². The van der Waals surface area contributed by atoms with Crippen molar-refractivity contribution in [2.45, 2.75) is 65.7 Å². The molecule has 2 aromatic carbocycles. The monoisotopic (exact) mass is 585 g/mol. The van der Waals surface area contributed by atoms with Gasteiger partial charge in [0.05, 0.1) is 23.7 Å². The number of ether oxygens (including phenoxy) is 2. The normalized spacial score (nSPS) is 15.5. The van der Waals surface area contributed by atoms with Gasteiger partial charge in [-0.1, -0.05) is 36.4 Å². The van der Waals surface area contributed by atoms with E-state index in [1.165, 1.54) is 13.8 Å². The quantitative estimate of drug-likeness (QED) is 0.115. The molecule has 3 atom stereocenters. The molecule has 0 aliphatic carbocycles. The summed E-state index contributed by atoms with van der Waals surface area (Å²) in [5.41, 5.74) is 7.94. The molecule has 12 nitrogen and oxygen atoms in total. The molecule has 0 fully saturated rings. The molecular weight excluding hydrogens is 549 g/mol. The number of esters is 1. The van der Waals surface area contributed by atoms with Gasteiger partial charge in [0.25, 0.3) is 0 Å². The van der Waals surface area contributed by atoms with E-state index < -0.39 is 25.5 Å². The Hall–Kier alpha value is -3.54. The van der Waals surface area contributed by atoms with Gasteiger partial charge in [-0.2, -0.15) is 5.09 Å². The summed E-state index contributed by atoms with van der Waals surface area (Å²) in [5, 5.41) is 14.9. The smallest absolute Gasteiger partial charge is 0.462 e. The molecule has 0 amide bonds. The van der Waals surface area contributed by atoms with Crippen molar-refractivity contribution in [3.8, 4) is 5.75 Å². The first-order valence-electron chi connectivity index (χ1n) is 13.3. The van der Waals surface area contributed by atoms with Crippen LogP contribution in [0.5, 0.6) is 5.75 Å². The van der Waals surface area contributed by atoms with Crippen LogP contribution in [0.25, 0.3) is 21.9 Å². The number of nitrogens with zero attached hydrogens (tertiary/aromatic N) is 3. The number of nitrogens with one attached hydrogen (secondary N) is 1. The minimum Gasteiger partial charge on any atom is -0.462 e. The summed E-state index contributed by atoms with van der Waals surface area (Å²) in [6.07, 6.45) is -0.389. The van der Waals surface area contributed by atoms with Crippen LogP contribution in [-0.2, 0) is 36.5 Å². The molecule has 2 heterocycles. The summed E-state index contributed by atoms with van der Waals surface area (Å²) in [6, 6.07) is 14.6. The van der Waals surface area contributed by atoms with Crippen LogP contribution in [0.15, 0.2) is 54.6 Å². The highest BCUT2D eigenvalue weighted by Crippen LogP contribution is 2.48. The maximum absolute atomic E-state index is 14.1. The van der Waals surface area contributed by atoms with E-state index in [9.17, 15) is 14.5 Å². The van der Waals surface area contributed by atoms with Crippen molar-refractivity contribution in [1.29, 1.82) is 0 Å². The van der Waals surface area contributed by atoms with E-state index in [1.807, 2.05) is 31.2 Å². The number of pyridine rings is 1. The molecule has 2 unspecified atom stereocenters. The Morgan fingerprint density at radius 1 is 1.12 bits per heavy atom. The average Bonchev–Trinajstić information content (AvgIpc) is 3.25. The van der Waals surface area contributed by atoms with Gasteiger partial charge in [-0.15, -0.1) is 0 Å². The third kappa shape index (κ3) is 7.41. The number of aliphatic hydroxyl groups is 1. The number of nitrogen functional groups attached to an aromatic ring is 1. The van der Waals surface area contributed by atoms with E-state index >= 15 is 0 Å². The highest BCUT2D eigenvalue weighted by atomic mass is 31.2. The van der Waals surface area contributed by atoms with Crippen LogP contribution in [-0.4, -0.2) is 50.2 Å². The zero-order valence-corrected chi connectivity index (χ0v) is 24.6. The second-order valence-corrected chi connectivity index (χ2v) is 11.6. The number of rotatable bonds is 13. The standard InChI is InChI=1S/C28H36N5O7P/c1-6-37-16-23-31-24-25(21-14-10-11-15-22(21)30-26(24)29)33(23)17-28(5,35)40-41(36,39-20-12-8-7-9-13-20)32-19(4)27(34)38-18(2)3/h7-15,18-19,35H,6,16-17H2,1-5H3,(H2,29,30)(H,32,36)/t19-,28?,41?/m1/s1. The van der Waals surface area contributed by atoms with E-state index in [0.717, 1.165) is 5.39 Å². The number of anilines is 1. The summed E-state index contributed by atoms with van der Waals surface area (Å²) >= 11 is 0. The number of carbonyl (C=O) groups excluding carboxylic acids is 1. The van der Waals surface area contributed by atoms with Crippen molar-refractivity contribution >= 4 is 41.5 Å². The summed E-state index contributed by atoms with van der Waals surface area (Å²) in [7, 11) is -4.39. The first-order valence-corrected chi connectivity index (χ1v) is 14.8. The first kappa shape index (κ1) is 30.4. The van der Waals surface area contributed by atoms with Gasteiger partial charge in [0.15, 0.2) is 11.6 Å². The molecule has 4 rings (SSSR count). The van der Waals surface area contributed by atoms with E-state index in [2.05, 4.69) is 15.1 Å². The minimum absolute atomic E-state index is 0.115. The van der Waals surface area contributed by atoms with Crippen molar-refractivity contribution < 1.29 is 33.0 Å². The van der Waals surface area contributed by atoms with Gasteiger partial charge in [-0.05, 0) is 52.8 Å². The number of fused-ring (bicyclic) bond motifs is 3. The molecule has 4 aromatic rings. The molecule has 0 aliphatic heterocycles. The van der Waals surface area contributed by atoms with Crippen LogP contribution in [0.3, 0.4) is 0 Å². The molecule has 2 aromatic heterocycles. The molecule has 0 radical (unpaired) electrons. The second-order valence-electron chi connectivity index (χ2n) is 9.97. The van der Waals surface area contributed by atoms with Crippen LogP contribution in [0.4, 0.5) is 5.82 Å². The summed E-state index contributed by atoms with van der Waals surface area (Å²) in [4.78, 5) is 21.6. The molecule has 41 heavy (non-hydrogen) atoms. The van der Waals surface area contributed by atoms with E-state index in [-0.39, 0.29) is 30.8 Å². The van der Waals surface area contributed by atoms with Gasteiger partial charge in [0, 0.05) is 12.0 Å². The second kappa shape index (κ2) is 12.5. The van der Waals surface area contributed by atoms with E-state index in [4.69, 9.17) is 24.3 Å². The number of carbonyl (C=O) groups is 1. The average molecular weight is 586 g/mol. The first-order chi connectivity index (χ1) is 19.4. The van der Waals surface area contributed by atoms with Crippen molar-refractivity contribution in [3.63, 3.8) is 0 Å². The SMILES string of the molecule is CCOCc1nc2c(N)nc3ccccc3c2n1CC(C)(O)OP(=O)(N[C@H](C)C(=O)OC(C)C)Oc1ccccc1. The van der Waals surface area contributed by atoms with Gasteiger partial charge in [0.1, 0.15) is 29.7 Å². The number of hydrogen-bond acceptors (Lipinski definition) is 10. The summed E-state index contributed by atoms with van der Waals surface area (Å²) in [5.74, 6) is -1.89. The van der Waals surface area contributed by atoms with Gasteiger partial charge in [-0.25, -0.2) is 14.5 Å². The Morgan fingerprint density at radius 2 is 1.80 bits per heavy atom. The van der Waals surface area contributed by atoms with E-state index in [1.54, 1.807) is 48.7 Å². The minimum atomic E-state index is -4.39.